The number of H-pyrrole nitrogens is 2. The van der Waals surface area contributed by atoms with Gasteiger partial charge in [-0.3, -0.25) is 19.8 Å². The number of benzene rings is 2. The summed E-state index contributed by atoms with van der Waals surface area (Å²) in [6.07, 6.45) is 4.59. The fourth-order valence-electron chi connectivity index (χ4n) is 9.58. The zero-order valence-corrected chi connectivity index (χ0v) is 25.5. The van der Waals surface area contributed by atoms with Crippen LogP contribution in [0.25, 0.3) is 21.8 Å². The van der Waals surface area contributed by atoms with Gasteiger partial charge in [-0.15, -0.1) is 0 Å². The number of rotatable bonds is 2. The molecular formula is C34H40N8O2. The van der Waals surface area contributed by atoms with Gasteiger partial charge in [-0.05, 0) is 74.6 Å². The predicted molar refractivity (Wildman–Crippen MR) is 167 cm³/mol. The number of amides is 2. The largest absolute Gasteiger partial charge is 0.330 e. The van der Waals surface area contributed by atoms with Crippen LogP contribution in [0.5, 0.6) is 0 Å². The van der Waals surface area contributed by atoms with E-state index in [2.05, 4.69) is 66.0 Å². The molecule has 2 aromatic carbocycles. The topological polar surface area (TPSA) is 104 Å². The molecule has 228 valence electrons. The molecule has 6 bridgehead atoms. The maximum absolute atomic E-state index is 13.2. The summed E-state index contributed by atoms with van der Waals surface area (Å²) in [6.45, 7) is 10.8. The molecule has 2 amide bonds. The Kier molecular flexibility index (Phi) is 5.97. The fourth-order valence-corrected chi connectivity index (χ4v) is 9.58. The number of nitrogens with one attached hydrogen (secondary N) is 2. The minimum atomic E-state index is 0.122. The lowest BCUT2D eigenvalue weighted by Crippen LogP contribution is -2.44. The zero-order valence-electron chi connectivity index (χ0n) is 25.5. The van der Waals surface area contributed by atoms with Gasteiger partial charge in [0.2, 0.25) is 0 Å². The molecule has 44 heavy (non-hydrogen) atoms. The van der Waals surface area contributed by atoms with Gasteiger partial charge in [-0.25, -0.2) is 0 Å². The summed E-state index contributed by atoms with van der Waals surface area (Å²) in [7, 11) is 0. The summed E-state index contributed by atoms with van der Waals surface area (Å²) >= 11 is 0. The first-order valence-corrected chi connectivity index (χ1v) is 16.4. The fraction of sp³-hybridized carbons (Fsp3) is 0.529. The van der Waals surface area contributed by atoms with Gasteiger partial charge < -0.3 is 19.6 Å². The van der Waals surface area contributed by atoms with Crippen LogP contribution in [-0.2, 0) is 0 Å². The Hall–Kier alpha value is -3.76. The third kappa shape index (κ3) is 4.06. The van der Waals surface area contributed by atoms with Gasteiger partial charge in [-0.1, -0.05) is 24.3 Å². The third-order valence-electron chi connectivity index (χ3n) is 11.5. The van der Waals surface area contributed by atoms with E-state index in [4.69, 9.17) is 0 Å². The van der Waals surface area contributed by atoms with E-state index in [0.29, 0.717) is 47.4 Å². The molecule has 10 rings (SSSR count). The third-order valence-corrected chi connectivity index (χ3v) is 11.5. The number of carbonyl (C=O) groups excluding carboxylic acids is 2. The van der Waals surface area contributed by atoms with Crippen LogP contribution in [0, 0.1) is 25.7 Å². The molecule has 4 aromatic rings. The summed E-state index contributed by atoms with van der Waals surface area (Å²) in [5, 5.41) is 16.7. The minimum absolute atomic E-state index is 0.122. The van der Waals surface area contributed by atoms with Crippen LogP contribution in [0.1, 0.15) is 57.8 Å². The Morgan fingerprint density at radius 2 is 1.14 bits per heavy atom. The summed E-state index contributed by atoms with van der Waals surface area (Å²) in [6, 6.07) is 13.9. The van der Waals surface area contributed by atoms with Crippen molar-refractivity contribution in [1.82, 2.24) is 40.0 Å². The summed E-state index contributed by atoms with van der Waals surface area (Å²) in [4.78, 5) is 35.7. The van der Waals surface area contributed by atoms with Crippen molar-refractivity contribution in [1.29, 1.82) is 0 Å². The average molecular weight is 593 g/mol. The highest BCUT2D eigenvalue weighted by Gasteiger charge is 2.52. The summed E-state index contributed by atoms with van der Waals surface area (Å²) in [5.74, 6) is 1.58. The smallest absolute Gasteiger partial charge is 0.275 e. The SMILES string of the molecule is Cc1ccc2c(C(=O)N3[C@@H]4C[C@H]5CN(CC[C@H]53)C4)n[nH]c2c1.Cc1ccc2c(C(=O)N3[C@H]4C[C@@H]5CN(CC[C@@H]53)C4)n[nH]c2c1. The van der Waals surface area contributed by atoms with Gasteiger partial charge in [0.25, 0.3) is 11.8 Å². The molecule has 6 aliphatic heterocycles. The Morgan fingerprint density at radius 3 is 1.59 bits per heavy atom. The molecule has 6 fully saturated rings. The van der Waals surface area contributed by atoms with Crippen molar-refractivity contribution in [3.05, 3.63) is 58.9 Å². The quantitative estimate of drug-likeness (QED) is 0.369. The van der Waals surface area contributed by atoms with Gasteiger partial charge in [0.15, 0.2) is 11.4 Å². The van der Waals surface area contributed by atoms with Crippen LogP contribution in [0.2, 0.25) is 0 Å². The molecule has 8 atom stereocenters. The molecule has 6 saturated heterocycles. The molecule has 2 unspecified atom stereocenters. The van der Waals surface area contributed by atoms with Crippen LogP contribution in [0.15, 0.2) is 36.4 Å². The second-order valence-corrected chi connectivity index (χ2v) is 14.2. The van der Waals surface area contributed by atoms with Crippen LogP contribution >= 0.6 is 0 Å². The monoisotopic (exact) mass is 592 g/mol. The van der Waals surface area contributed by atoms with Crippen LogP contribution < -0.4 is 0 Å². The van der Waals surface area contributed by atoms with E-state index in [-0.39, 0.29) is 11.8 Å². The van der Waals surface area contributed by atoms with Gasteiger partial charge in [0, 0.05) is 74.2 Å². The lowest BCUT2D eigenvalue weighted by molar-refractivity contribution is 0.0660. The van der Waals surface area contributed by atoms with Crippen LogP contribution in [-0.4, -0.2) is 115 Å². The van der Waals surface area contributed by atoms with E-state index in [1.807, 2.05) is 24.3 Å². The van der Waals surface area contributed by atoms with Crippen LogP contribution in [0.3, 0.4) is 0 Å². The molecule has 0 spiro atoms. The lowest BCUT2D eigenvalue weighted by Gasteiger charge is -2.35. The van der Waals surface area contributed by atoms with Gasteiger partial charge >= 0.3 is 0 Å². The molecule has 10 heteroatoms. The number of aryl methyl sites for hydroxylation is 2. The van der Waals surface area contributed by atoms with Gasteiger partial charge in [0.1, 0.15) is 0 Å². The normalized spacial score (nSPS) is 32.9. The number of likely N-dealkylation sites (tertiary alicyclic amines) is 2. The highest BCUT2D eigenvalue weighted by Crippen LogP contribution is 2.42. The maximum atomic E-state index is 13.2. The molecule has 0 saturated carbocycles. The van der Waals surface area contributed by atoms with E-state index in [1.54, 1.807) is 0 Å². The Balaban J connectivity index is 0.000000123. The maximum Gasteiger partial charge on any atom is 0.275 e. The number of aromatic nitrogens is 4. The van der Waals surface area contributed by atoms with Crippen molar-refractivity contribution in [3.63, 3.8) is 0 Å². The predicted octanol–water partition coefficient (Wildman–Crippen LogP) is 3.58. The number of piperidine rings is 4. The number of nitrogens with zero attached hydrogens (tertiary/aromatic N) is 6. The summed E-state index contributed by atoms with van der Waals surface area (Å²) in [5.41, 5.74) is 5.47. The second kappa shape index (κ2) is 9.87. The molecule has 6 aliphatic rings. The Bertz CT molecular complexity index is 1660. The van der Waals surface area contributed by atoms with Crippen molar-refractivity contribution < 1.29 is 9.59 Å². The number of hydrogen-bond donors (Lipinski definition) is 2. The first kappa shape index (κ1) is 26.6. The average Bonchev–Trinajstić information content (AvgIpc) is 3.70. The van der Waals surface area contributed by atoms with Crippen molar-refractivity contribution in [2.45, 2.75) is 63.7 Å². The molecular weight excluding hydrogens is 552 g/mol. The zero-order chi connectivity index (χ0) is 29.7. The van der Waals surface area contributed by atoms with Crippen molar-refractivity contribution in [2.24, 2.45) is 11.8 Å². The van der Waals surface area contributed by atoms with Crippen LogP contribution in [0.4, 0.5) is 0 Å². The molecule has 2 aromatic heterocycles. The van der Waals surface area contributed by atoms with E-state index in [0.717, 1.165) is 60.8 Å². The van der Waals surface area contributed by atoms with E-state index >= 15 is 0 Å². The van der Waals surface area contributed by atoms with Crippen molar-refractivity contribution >= 4 is 33.6 Å². The van der Waals surface area contributed by atoms with E-state index < -0.39 is 0 Å². The molecule has 2 N–H and O–H groups in total. The second-order valence-electron chi connectivity index (χ2n) is 14.2. The number of carbonyl (C=O) groups is 2. The van der Waals surface area contributed by atoms with Crippen molar-refractivity contribution in [3.8, 4) is 0 Å². The Labute approximate surface area is 256 Å². The highest BCUT2D eigenvalue weighted by atomic mass is 16.2. The molecule has 10 nitrogen and oxygen atoms in total. The van der Waals surface area contributed by atoms with E-state index in [1.165, 1.54) is 37.1 Å². The highest BCUT2D eigenvalue weighted by molar-refractivity contribution is 6.06. The molecule has 0 aliphatic carbocycles. The molecule has 8 heterocycles. The van der Waals surface area contributed by atoms with E-state index in [9.17, 15) is 9.59 Å². The summed E-state index contributed by atoms with van der Waals surface area (Å²) < 4.78 is 0. The van der Waals surface area contributed by atoms with Gasteiger partial charge in [-0.2, -0.15) is 10.2 Å². The minimum Gasteiger partial charge on any atom is -0.330 e. The first-order chi connectivity index (χ1) is 21.4. The number of hydrogen-bond acceptors (Lipinski definition) is 6. The standard InChI is InChI=1S/2C17H20N4O/c2*1-10-2-3-13-14(6-10)18-19-16(13)17(22)21-12-7-11-8-20(9-12)5-4-15(11)21/h2*2-3,6,11-12,15H,4-5,7-9H2,1H3,(H,18,19)/t2*11-,12+,15+/m10/s1. The first-order valence-electron chi connectivity index (χ1n) is 16.4. The lowest BCUT2D eigenvalue weighted by atomic mass is 9.89. The van der Waals surface area contributed by atoms with Gasteiger partial charge in [0.05, 0.1) is 11.0 Å². The number of fused-ring (bicyclic) bond motifs is 6. The van der Waals surface area contributed by atoms with Crippen molar-refractivity contribution in [2.75, 3.05) is 39.3 Å². The Morgan fingerprint density at radius 1 is 0.682 bits per heavy atom. The molecule has 0 radical (unpaired) electrons. The number of aromatic amines is 2.